The summed E-state index contributed by atoms with van der Waals surface area (Å²) in [7, 11) is 8.73. The third-order valence-corrected chi connectivity index (χ3v) is 4.86. The van der Waals surface area contributed by atoms with Crippen molar-refractivity contribution < 1.29 is 4.74 Å². The second-order valence-corrected chi connectivity index (χ2v) is 7.47. The summed E-state index contributed by atoms with van der Waals surface area (Å²) >= 11 is 0. The number of unbranched alkanes of at least 4 members (excludes halogenated alkanes) is 6. The van der Waals surface area contributed by atoms with Crippen LogP contribution in [0.15, 0.2) is 0 Å². The molecule has 0 aromatic carbocycles. The lowest BCUT2D eigenvalue weighted by molar-refractivity contribution is 0.0388. The van der Waals surface area contributed by atoms with E-state index in [1.807, 2.05) is 0 Å². The largest absolute Gasteiger partial charge is 0.378 e. The van der Waals surface area contributed by atoms with Crippen molar-refractivity contribution in [3.05, 3.63) is 0 Å². The number of nitrogens with zero attached hydrogens (tertiary/aromatic N) is 2. The first-order valence-corrected chi connectivity index (χ1v) is 9.93. The van der Waals surface area contributed by atoms with Gasteiger partial charge in [0.1, 0.15) is 0 Å². The summed E-state index contributed by atoms with van der Waals surface area (Å²) in [4.78, 5) is 4.66. The van der Waals surface area contributed by atoms with Crippen LogP contribution in [0.1, 0.15) is 78.1 Å². The van der Waals surface area contributed by atoms with Gasteiger partial charge in [0.05, 0.1) is 13.2 Å². The van der Waals surface area contributed by atoms with Crippen molar-refractivity contribution >= 4 is 0 Å². The highest BCUT2D eigenvalue weighted by atomic mass is 16.5. The SMILES string of the molecule is CCCCCCC(COCC(CCCCCC)N(C)C)N(C)C. The van der Waals surface area contributed by atoms with Crippen LogP contribution >= 0.6 is 0 Å². The van der Waals surface area contributed by atoms with Crippen LogP contribution in [0.25, 0.3) is 0 Å². The Kier molecular flexibility index (Phi) is 15.3. The highest BCUT2D eigenvalue weighted by molar-refractivity contribution is 4.69. The normalized spacial score (nSPS) is 14.6. The Labute approximate surface area is 146 Å². The van der Waals surface area contributed by atoms with Crippen LogP contribution in [-0.2, 0) is 4.74 Å². The molecule has 2 atom stereocenters. The molecule has 0 radical (unpaired) electrons. The molecule has 0 rings (SSSR count). The molecule has 0 saturated heterocycles. The number of hydrogen-bond acceptors (Lipinski definition) is 3. The molecule has 2 unspecified atom stereocenters. The Morgan fingerprint density at radius 1 is 0.609 bits per heavy atom. The Balaban J connectivity index is 4.00. The number of hydrogen-bond donors (Lipinski definition) is 0. The molecule has 0 bridgehead atoms. The zero-order valence-electron chi connectivity index (χ0n) is 16.9. The van der Waals surface area contributed by atoms with Gasteiger partial charge in [0, 0.05) is 12.1 Å². The first-order chi connectivity index (χ1) is 11.0. The minimum Gasteiger partial charge on any atom is -0.378 e. The second-order valence-electron chi connectivity index (χ2n) is 7.47. The summed E-state index contributed by atoms with van der Waals surface area (Å²) in [6.07, 6.45) is 13.2. The molecule has 0 aromatic rings. The van der Waals surface area contributed by atoms with Crippen LogP contribution in [0.2, 0.25) is 0 Å². The highest BCUT2D eigenvalue weighted by Gasteiger charge is 2.15. The predicted molar refractivity (Wildman–Crippen MR) is 103 cm³/mol. The van der Waals surface area contributed by atoms with Gasteiger partial charge < -0.3 is 14.5 Å². The molecule has 0 spiro atoms. The van der Waals surface area contributed by atoms with Crippen LogP contribution in [0.3, 0.4) is 0 Å². The first kappa shape index (κ1) is 22.9. The lowest BCUT2D eigenvalue weighted by Crippen LogP contribution is -2.36. The fourth-order valence-electron chi connectivity index (χ4n) is 2.93. The molecule has 0 aromatic heterocycles. The van der Waals surface area contributed by atoms with Crippen LogP contribution in [0, 0.1) is 0 Å². The molecule has 3 nitrogen and oxygen atoms in total. The van der Waals surface area contributed by atoms with Gasteiger partial charge in [-0.1, -0.05) is 65.2 Å². The van der Waals surface area contributed by atoms with Crippen LogP contribution in [0.5, 0.6) is 0 Å². The second kappa shape index (κ2) is 15.4. The number of likely N-dealkylation sites (N-methyl/N-ethyl adjacent to an activating group) is 2. The van der Waals surface area contributed by atoms with Crippen molar-refractivity contribution in [2.75, 3.05) is 41.4 Å². The minimum absolute atomic E-state index is 0.565. The van der Waals surface area contributed by atoms with Gasteiger partial charge in [-0.05, 0) is 41.0 Å². The highest BCUT2D eigenvalue weighted by Crippen LogP contribution is 2.12. The van der Waals surface area contributed by atoms with Crippen molar-refractivity contribution in [3.63, 3.8) is 0 Å². The third-order valence-electron chi connectivity index (χ3n) is 4.86. The standard InChI is InChI=1S/C20H44N2O/c1-7-9-11-13-15-19(21(3)4)17-23-18-20(22(5)6)16-14-12-10-8-2/h19-20H,7-18H2,1-6H3. The molecule has 140 valence electrons. The summed E-state index contributed by atoms with van der Waals surface area (Å²) in [5.41, 5.74) is 0. The minimum atomic E-state index is 0.565. The Morgan fingerprint density at radius 3 is 1.30 bits per heavy atom. The quantitative estimate of drug-likeness (QED) is 0.378. The third kappa shape index (κ3) is 12.9. The molecule has 0 aliphatic heterocycles. The van der Waals surface area contributed by atoms with E-state index in [2.05, 4.69) is 51.8 Å². The van der Waals surface area contributed by atoms with Gasteiger partial charge in [-0.15, -0.1) is 0 Å². The molecular formula is C20H44N2O. The first-order valence-electron chi connectivity index (χ1n) is 9.93. The lowest BCUT2D eigenvalue weighted by Gasteiger charge is -2.28. The van der Waals surface area contributed by atoms with Crippen LogP contribution < -0.4 is 0 Å². The zero-order chi connectivity index (χ0) is 17.5. The fraction of sp³-hybridized carbons (Fsp3) is 1.00. The topological polar surface area (TPSA) is 15.7 Å². The van der Waals surface area contributed by atoms with Crippen LogP contribution in [0.4, 0.5) is 0 Å². The number of rotatable bonds is 16. The van der Waals surface area contributed by atoms with Crippen molar-refractivity contribution in [2.45, 2.75) is 90.1 Å². The van der Waals surface area contributed by atoms with E-state index in [0.717, 1.165) is 13.2 Å². The van der Waals surface area contributed by atoms with Gasteiger partial charge in [0.25, 0.3) is 0 Å². The average molecular weight is 329 g/mol. The molecule has 0 amide bonds. The monoisotopic (exact) mass is 328 g/mol. The van der Waals surface area contributed by atoms with E-state index in [-0.39, 0.29) is 0 Å². The molecular weight excluding hydrogens is 284 g/mol. The molecule has 3 heteroatoms. The summed E-state index contributed by atoms with van der Waals surface area (Å²) in [5.74, 6) is 0. The van der Waals surface area contributed by atoms with E-state index >= 15 is 0 Å². The average Bonchev–Trinajstić information content (AvgIpc) is 2.51. The molecule has 0 aliphatic rings. The van der Waals surface area contributed by atoms with Gasteiger partial charge in [-0.2, -0.15) is 0 Å². The van der Waals surface area contributed by atoms with Crippen molar-refractivity contribution in [1.29, 1.82) is 0 Å². The predicted octanol–water partition coefficient (Wildman–Crippen LogP) is 4.80. The zero-order valence-corrected chi connectivity index (χ0v) is 16.9. The Bertz CT molecular complexity index is 220. The fourth-order valence-corrected chi connectivity index (χ4v) is 2.93. The van der Waals surface area contributed by atoms with Gasteiger partial charge in [-0.3, -0.25) is 0 Å². The van der Waals surface area contributed by atoms with Gasteiger partial charge in [-0.25, -0.2) is 0 Å². The van der Waals surface area contributed by atoms with Gasteiger partial charge in [0.2, 0.25) is 0 Å². The summed E-state index contributed by atoms with van der Waals surface area (Å²) in [5, 5.41) is 0. The molecule has 0 saturated carbocycles. The van der Waals surface area contributed by atoms with E-state index < -0.39 is 0 Å². The van der Waals surface area contributed by atoms with Crippen molar-refractivity contribution in [1.82, 2.24) is 9.80 Å². The maximum Gasteiger partial charge on any atom is 0.0622 e. The smallest absolute Gasteiger partial charge is 0.0622 e. The van der Waals surface area contributed by atoms with Gasteiger partial charge in [0.15, 0.2) is 0 Å². The Morgan fingerprint density at radius 2 is 1.00 bits per heavy atom. The molecule has 0 aliphatic carbocycles. The molecule has 23 heavy (non-hydrogen) atoms. The van der Waals surface area contributed by atoms with E-state index in [9.17, 15) is 0 Å². The van der Waals surface area contributed by atoms with Gasteiger partial charge >= 0.3 is 0 Å². The Hall–Kier alpha value is -0.120. The maximum absolute atomic E-state index is 6.11. The molecule has 0 N–H and O–H groups in total. The van der Waals surface area contributed by atoms with Crippen LogP contribution in [-0.4, -0.2) is 63.3 Å². The van der Waals surface area contributed by atoms with E-state index in [0.29, 0.717) is 12.1 Å². The molecule has 0 heterocycles. The maximum atomic E-state index is 6.11. The van der Waals surface area contributed by atoms with Crippen molar-refractivity contribution in [2.24, 2.45) is 0 Å². The summed E-state index contributed by atoms with van der Waals surface area (Å²) < 4.78 is 6.11. The van der Waals surface area contributed by atoms with Crippen molar-refractivity contribution in [3.8, 4) is 0 Å². The summed E-state index contributed by atoms with van der Waals surface area (Å²) in [6, 6.07) is 1.13. The van der Waals surface area contributed by atoms with E-state index in [1.165, 1.54) is 64.2 Å². The summed E-state index contributed by atoms with van der Waals surface area (Å²) in [6.45, 7) is 6.29. The van der Waals surface area contributed by atoms with E-state index in [1.54, 1.807) is 0 Å². The van der Waals surface area contributed by atoms with E-state index in [4.69, 9.17) is 4.74 Å². The molecule has 0 fully saturated rings. The lowest BCUT2D eigenvalue weighted by atomic mass is 10.1. The number of ether oxygens (including phenoxy) is 1.